The van der Waals surface area contributed by atoms with Crippen LogP contribution >= 0.6 is 11.8 Å². The highest BCUT2D eigenvalue weighted by Gasteiger charge is 2.21. The Bertz CT molecular complexity index is 901. The number of hydrogen-bond acceptors (Lipinski definition) is 5. The van der Waals surface area contributed by atoms with Crippen LogP contribution in [0.4, 0.5) is 0 Å². The molecule has 5 nitrogen and oxygen atoms in total. The van der Waals surface area contributed by atoms with E-state index in [0.29, 0.717) is 0 Å². The summed E-state index contributed by atoms with van der Waals surface area (Å²) in [6.07, 6.45) is 2.44. The predicted molar refractivity (Wildman–Crippen MR) is 112 cm³/mol. The van der Waals surface area contributed by atoms with E-state index in [9.17, 15) is 0 Å². The van der Waals surface area contributed by atoms with Gasteiger partial charge in [0.25, 0.3) is 0 Å². The molecule has 0 spiro atoms. The number of rotatable bonds is 7. The summed E-state index contributed by atoms with van der Waals surface area (Å²) < 4.78 is 13.4. The Hall–Kier alpha value is -2.31. The van der Waals surface area contributed by atoms with Crippen molar-refractivity contribution in [2.75, 3.05) is 13.7 Å². The number of hydrogen-bond donors (Lipinski definition) is 0. The van der Waals surface area contributed by atoms with E-state index in [-0.39, 0.29) is 6.10 Å². The molecule has 2 aromatic carbocycles. The molecule has 4 rings (SSSR count). The van der Waals surface area contributed by atoms with Crippen LogP contribution in [0.5, 0.6) is 5.75 Å². The molecular weight excluding hydrogens is 370 g/mol. The quantitative estimate of drug-likeness (QED) is 0.541. The molecule has 28 heavy (non-hydrogen) atoms. The molecule has 1 aliphatic rings. The molecule has 0 N–H and O–H groups in total. The normalized spacial score (nSPS) is 16.4. The van der Waals surface area contributed by atoms with E-state index >= 15 is 0 Å². The largest absolute Gasteiger partial charge is 0.497 e. The third kappa shape index (κ3) is 4.39. The Morgan fingerprint density at radius 2 is 1.89 bits per heavy atom. The van der Waals surface area contributed by atoms with Crippen molar-refractivity contribution in [3.05, 3.63) is 59.7 Å². The van der Waals surface area contributed by atoms with E-state index < -0.39 is 0 Å². The summed E-state index contributed by atoms with van der Waals surface area (Å²) >= 11 is 1.72. The van der Waals surface area contributed by atoms with Crippen LogP contribution in [0.2, 0.25) is 0 Å². The second-order valence-corrected chi connectivity index (χ2v) is 8.00. The second kappa shape index (κ2) is 8.80. The van der Waals surface area contributed by atoms with E-state index in [1.165, 1.54) is 11.1 Å². The van der Waals surface area contributed by atoms with Gasteiger partial charge in [-0.3, -0.25) is 4.57 Å². The maximum Gasteiger partial charge on any atom is 0.191 e. The first-order valence-electron chi connectivity index (χ1n) is 9.60. The minimum Gasteiger partial charge on any atom is -0.497 e. The molecule has 146 valence electrons. The zero-order valence-corrected chi connectivity index (χ0v) is 17.1. The standard InChI is InChI=1S/C22H25N3O2S/c1-16-5-7-17(8-6-16)15-28-22-24-23-21(18-9-11-19(26-2)12-10-18)25(22)14-20-4-3-13-27-20/h5-12,20H,3-4,13-15H2,1-2H3/t20-/m0/s1. The van der Waals surface area contributed by atoms with Crippen LogP contribution in [-0.2, 0) is 17.0 Å². The number of nitrogens with zero attached hydrogens (tertiary/aromatic N) is 3. The van der Waals surface area contributed by atoms with Crippen LogP contribution in [0.1, 0.15) is 24.0 Å². The smallest absolute Gasteiger partial charge is 0.191 e. The Morgan fingerprint density at radius 1 is 1.11 bits per heavy atom. The lowest BCUT2D eigenvalue weighted by Crippen LogP contribution is -2.16. The van der Waals surface area contributed by atoms with Crippen molar-refractivity contribution in [2.45, 2.75) is 43.3 Å². The monoisotopic (exact) mass is 395 g/mol. The van der Waals surface area contributed by atoms with Crippen LogP contribution < -0.4 is 4.74 Å². The van der Waals surface area contributed by atoms with Gasteiger partial charge in [0, 0.05) is 17.9 Å². The van der Waals surface area contributed by atoms with Gasteiger partial charge < -0.3 is 9.47 Å². The molecule has 2 heterocycles. The Labute approximate surface area is 170 Å². The Kier molecular flexibility index (Phi) is 5.98. The van der Waals surface area contributed by atoms with Gasteiger partial charge >= 0.3 is 0 Å². The summed E-state index contributed by atoms with van der Waals surface area (Å²) in [7, 11) is 1.68. The van der Waals surface area contributed by atoms with E-state index in [1.807, 2.05) is 24.3 Å². The SMILES string of the molecule is COc1ccc(-c2nnc(SCc3ccc(C)cc3)n2C[C@@H]2CCCO2)cc1. The molecule has 3 aromatic rings. The third-order valence-electron chi connectivity index (χ3n) is 4.96. The highest BCUT2D eigenvalue weighted by Crippen LogP contribution is 2.29. The lowest BCUT2D eigenvalue weighted by atomic mass is 10.2. The summed E-state index contributed by atoms with van der Waals surface area (Å²) in [5.74, 6) is 2.58. The average molecular weight is 396 g/mol. The number of benzene rings is 2. The summed E-state index contributed by atoms with van der Waals surface area (Å²) in [5, 5.41) is 9.94. The molecule has 1 aliphatic heterocycles. The van der Waals surface area contributed by atoms with Crippen molar-refractivity contribution < 1.29 is 9.47 Å². The fourth-order valence-corrected chi connectivity index (χ4v) is 4.24. The summed E-state index contributed by atoms with van der Waals surface area (Å²) in [6.45, 7) is 3.73. The molecule has 0 unspecified atom stereocenters. The summed E-state index contributed by atoms with van der Waals surface area (Å²) in [5.41, 5.74) is 3.60. The molecule has 0 aliphatic carbocycles. The summed E-state index contributed by atoms with van der Waals surface area (Å²) in [6, 6.07) is 16.6. The van der Waals surface area contributed by atoms with E-state index in [1.54, 1.807) is 18.9 Å². The van der Waals surface area contributed by atoms with Gasteiger partial charge in [0.2, 0.25) is 0 Å². The van der Waals surface area contributed by atoms with Crippen molar-refractivity contribution >= 4 is 11.8 Å². The molecule has 0 saturated carbocycles. The van der Waals surface area contributed by atoms with E-state index in [4.69, 9.17) is 9.47 Å². The first-order chi connectivity index (χ1) is 13.7. The van der Waals surface area contributed by atoms with Gasteiger partial charge in [0.15, 0.2) is 11.0 Å². The predicted octanol–water partition coefficient (Wildman–Crippen LogP) is 4.73. The van der Waals surface area contributed by atoms with Gasteiger partial charge in [0.1, 0.15) is 5.75 Å². The fraction of sp³-hybridized carbons (Fsp3) is 0.364. The van der Waals surface area contributed by atoms with Crippen molar-refractivity contribution in [2.24, 2.45) is 0 Å². The number of methoxy groups -OCH3 is 1. The topological polar surface area (TPSA) is 49.2 Å². The van der Waals surface area contributed by atoms with E-state index in [0.717, 1.165) is 54.0 Å². The number of ether oxygens (including phenoxy) is 2. The maximum absolute atomic E-state index is 5.88. The molecule has 0 radical (unpaired) electrons. The fourth-order valence-electron chi connectivity index (χ4n) is 3.34. The first-order valence-corrected chi connectivity index (χ1v) is 10.6. The van der Waals surface area contributed by atoms with Gasteiger partial charge in [-0.15, -0.1) is 10.2 Å². The van der Waals surface area contributed by atoms with Gasteiger partial charge in [-0.25, -0.2) is 0 Å². The molecule has 1 aromatic heterocycles. The molecule has 0 bridgehead atoms. The van der Waals surface area contributed by atoms with Crippen molar-refractivity contribution in [3.8, 4) is 17.1 Å². The number of aryl methyl sites for hydroxylation is 1. The molecule has 1 saturated heterocycles. The number of aromatic nitrogens is 3. The van der Waals surface area contributed by atoms with Gasteiger partial charge in [-0.1, -0.05) is 41.6 Å². The van der Waals surface area contributed by atoms with Crippen molar-refractivity contribution in [1.29, 1.82) is 0 Å². The Morgan fingerprint density at radius 3 is 2.57 bits per heavy atom. The van der Waals surface area contributed by atoms with Crippen LogP contribution in [0, 0.1) is 6.92 Å². The van der Waals surface area contributed by atoms with Crippen molar-refractivity contribution in [1.82, 2.24) is 14.8 Å². The van der Waals surface area contributed by atoms with Crippen LogP contribution in [0.15, 0.2) is 53.7 Å². The highest BCUT2D eigenvalue weighted by atomic mass is 32.2. The highest BCUT2D eigenvalue weighted by molar-refractivity contribution is 7.98. The third-order valence-corrected chi connectivity index (χ3v) is 6.00. The molecular formula is C22H25N3O2S. The van der Waals surface area contributed by atoms with Crippen LogP contribution in [-0.4, -0.2) is 34.6 Å². The lowest BCUT2D eigenvalue weighted by Gasteiger charge is -2.15. The first kappa shape index (κ1) is 19.0. The van der Waals surface area contributed by atoms with Gasteiger partial charge in [0.05, 0.1) is 19.8 Å². The van der Waals surface area contributed by atoms with E-state index in [2.05, 4.69) is 46.0 Å². The molecule has 1 atom stereocenters. The van der Waals surface area contributed by atoms with Crippen molar-refractivity contribution in [3.63, 3.8) is 0 Å². The minimum absolute atomic E-state index is 0.228. The second-order valence-electron chi connectivity index (χ2n) is 7.05. The van der Waals surface area contributed by atoms with Crippen LogP contribution in [0.25, 0.3) is 11.4 Å². The molecule has 6 heteroatoms. The zero-order chi connectivity index (χ0) is 19.3. The Balaban J connectivity index is 1.59. The van der Waals surface area contributed by atoms with Crippen LogP contribution in [0.3, 0.4) is 0 Å². The zero-order valence-electron chi connectivity index (χ0n) is 16.3. The minimum atomic E-state index is 0.228. The molecule has 0 amide bonds. The average Bonchev–Trinajstić information content (AvgIpc) is 3.38. The number of thioether (sulfide) groups is 1. The maximum atomic E-state index is 5.88. The molecule has 1 fully saturated rings. The lowest BCUT2D eigenvalue weighted by molar-refractivity contribution is 0.0953. The summed E-state index contributed by atoms with van der Waals surface area (Å²) in [4.78, 5) is 0. The van der Waals surface area contributed by atoms with Gasteiger partial charge in [-0.2, -0.15) is 0 Å². The van der Waals surface area contributed by atoms with Gasteiger partial charge in [-0.05, 0) is 49.6 Å².